The van der Waals surface area contributed by atoms with Gasteiger partial charge < -0.3 is 14.7 Å². The molecule has 0 atom stereocenters. The van der Waals surface area contributed by atoms with Gasteiger partial charge in [0.05, 0.1) is 5.60 Å². The number of carbonyl (C=O) groups excluding carboxylic acids is 1. The highest BCUT2D eigenvalue weighted by molar-refractivity contribution is 7.98. The van der Waals surface area contributed by atoms with Crippen LogP contribution in [0.1, 0.15) is 39.2 Å². The summed E-state index contributed by atoms with van der Waals surface area (Å²) in [5, 5.41) is 11.0. The zero-order valence-electron chi connectivity index (χ0n) is 13.8. The number of hydrogen-bond acceptors (Lipinski definition) is 4. The van der Waals surface area contributed by atoms with E-state index in [1.54, 1.807) is 16.7 Å². The summed E-state index contributed by atoms with van der Waals surface area (Å²) >= 11 is 1.64. The van der Waals surface area contributed by atoms with E-state index in [4.69, 9.17) is 4.74 Å². The third kappa shape index (κ3) is 3.96. The zero-order chi connectivity index (χ0) is 16.4. The number of piperidine rings is 1. The van der Waals surface area contributed by atoms with Gasteiger partial charge in [0.2, 0.25) is 0 Å². The number of benzene rings is 1. The fourth-order valence-electron chi connectivity index (χ4n) is 2.68. The molecule has 22 heavy (non-hydrogen) atoms. The van der Waals surface area contributed by atoms with Crippen LogP contribution in [-0.2, 0) is 10.3 Å². The molecule has 1 aliphatic heterocycles. The highest BCUT2D eigenvalue weighted by Crippen LogP contribution is 2.37. The Morgan fingerprint density at radius 1 is 1.27 bits per heavy atom. The lowest BCUT2D eigenvalue weighted by molar-refractivity contribution is -0.0371. The van der Waals surface area contributed by atoms with Crippen LogP contribution >= 0.6 is 11.8 Å². The maximum absolute atomic E-state index is 12.1. The third-order valence-electron chi connectivity index (χ3n) is 3.85. The maximum atomic E-state index is 12.1. The number of ether oxygens (including phenoxy) is 1. The molecule has 0 radical (unpaired) electrons. The van der Waals surface area contributed by atoms with Crippen LogP contribution < -0.4 is 0 Å². The smallest absolute Gasteiger partial charge is 0.410 e. The second-order valence-electron chi connectivity index (χ2n) is 6.70. The summed E-state index contributed by atoms with van der Waals surface area (Å²) < 4.78 is 5.40. The molecular formula is C17H25NO3S. The largest absolute Gasteiger partial charge is 0.444 e. The Hall–Kier alpha value is -1.20. The number of carbonyl (C=O) groups is 1. The van der Waals surface area contributed by atoms with Crippen LogP contribution in [0.15, 0.2) is 29.2 Å². The number of hydrogen-bond donors (Lipinski definition) is 1. The number of rotatable bonds is 2. The summed E-state index contributed by atoms with van der Waals surface area (Å²) in [6.07, 6.45) is 2.78. The molecule has 1 aromatic carbocycles. The summed E-state index contributed by atoms with van der Waals surface area (Å²) in [5.74, 6) is 0. The van der Waals surface area contributed by atoms with Crippen molar-refractivity contribution in [1.82, 2.24) is 4.90 Å². The lowest BCUT2D eigenvalue weighted by Crippen LogP contribution is -2.47. The van der Waals surface area contributed by atoms with Crippen molar-refractivity contribution in [3.8, 4) is 0 Å². The fraction of sp³-hybridized carbons (Fsp3) is 0.588. The van der Waals surface area contributed by atoms with E-state index in [0.29, 0.717) is 25.9 Å². The van der Waals surface area contributed by atoms with E-state index in [1.807, 2.05) is 51.3 Å². The Kier molecular flexibility index (Phi) is 5.07. The van der Waals surface area contributed by atoms with Crippen molar-refractivity contribution in [2.45, 2.75) is 49.7 Å². The Balaban J connectivity index is 2.06. The van der Waals surface area contributed by atoms with Gasteiger partial charge in [-0.2, -0.15) is 0 Å². The molecule has 2 rings (SSSR count). The Morgan fingerprint density at radius 2 is 1.86 bits per heavy atom. The molecule has 0 aliphatic carbocycles. The molecule has 0 saturated carbocycles. The molecule has 0 bridgehead atoms. The second-order valence-corrected chi connectivity index (χ2v) is 7.55. The van der Waals surface area contributed by atoms with Gasteiger partial charge in [0.15, 0.2) is 0 Å². The van der Waals surface area contributed by atoms with Crippen LogP contribution in [0.25, 0.3) is 0 Å². The van der Waals surface area contributed by atoms with Crippen molar-refractivity contribution in [1.29, 1.82) is 0 Å². The van der Waals surface area contributed by atoms with Crippen molar-refractivity contribution < 1.29 is 14.6 Å². The van der Waals surface area contributed by atoms with Gasteiger partial charge in [-0.05, 0) is 51.5 Å². The summed E-state index contributed by atoms with van der Waals surface area (Å²) in [7, 11) is 0. The van der Waals surface area contributed by atoms with Crippen molar-refractivity contribution in [3.63, 3.8) is 0 Å². The molecule has 1 heterocycles. The van der Waals surface area contributed by atoms with Gasteiger partial charge in [0, 0.05) is 18.0 Å². The van der Waals surface area contributed by atoms with E-state index in [9.17, 15) is 9.90 Å². The molecule has 1 N–H and O–H groups in total. The number of thioether (sulfide) groups is 1. The number of likely N-dealkylation sites (tertiary alicyclic amines) is 1. The molecule has 1 aliphatic rings. The first-order valence-corrected chi connectivity index (χ1v) is 8.81. The summed E-state index contributed by atoms with van der Waals surface area (Å²) in [4.78, 5) is 14.9. The standard InChI is InChI=1S/C17H25NO3S/c1-16(2,3)21-15(19)18-11-9-17(20,10-12-18)13-7-5-6-8-14(13)22-4/h5-8,20H,9-12H2,1-4H3. The first-order chi connectivity index (χ1) is 10.2. The average molecular weight is 323 g/mol. The average Bonchev–Trinajstić information content (AvgIpc) is 2.46. The summed E-state index contributed by atoms with van der Waals surface area (Å²) in [5.41, 5.74) is -0.389. The minimum atomic E-state index is -0.863. The monoisotopic (exact) mass is 323 g/mol. The SMILES string of the molecule is CSc1ccccc1C1(O)CCN(C(=O)OC(C)(C)C)CC1. The molecule has 1 saturated heterocycles. The normalized spacial score (nSPS) is 18.1. The van der Waals surface area contributed by atoms with Crippen LogP contribution in [0.2, 0.25) is 0 Å². The van der Waals surface area contributed by atoms with Gasteiger partial charge in [-0.25, -0.2) is 4.79 Å². The quantitative estimate of drug-likeness (QED) is 0.845. The molecule has 5 heteroatoms. The predicted octanol–water partition coefficient (Wildman–Crippen LogP) is 3.63. The highest BCUT2D eigenvalue weighted by atomic mass is 32.2. The van der Waals surface area contributed by atoms with Gasteiger partial charge in [-0.3, -0.25) is 0 Å². The summed E-state index contributed by atoms with van der Waals surface area (Å²) in [6.45, 7) is 6.60. The summed E-state index contributed by atoms with van der Waals surface area (Å²) in [6, 6.07) is 7.94. The molecule has 122 valence electrons. The first kappa shape index (κ1) is 17.2. The Bertz CT molecular complexity index is 531. The molecule has 0 spiro atoms. The Labute approximate surface area is 136 Å². The topological polar surface area (TPSA) is 49.8 Å². The molecule has 4 nitrogen and oxygen atoms in total. The van der Waals surface area contributed by atoms with E-state index in [2.05, 4.69) is 0 Å². The highest BCUT2D eigenvalue weighted by Gasteiger charge is 2.37. The van der Waals surface area contributed by atoms with E-state index < -0.39 is 11.2 Å². The molecule has 1 aromatic rings. The maximum Gasteiger partial charge on any atom is 0.410 e. The van der Waals surface area contributed by atoms with Crippen LogP contribution in [0.3, 0.4) is 0 Å². The number of aliphatic hydroxyl groups is 1. The van der Waals surface area contributed by atoms with E-state index in [-0.39, 0.29) is 6.09 Å². The second kappa shape index (κ2) is 6.50. The number of amides is 1. The Morgan fingerprint density at radius 3 is 2.41 bits per heavy atom. The van der Waals surface area contributed by atoms with Gasteiger partial charge in [0.1, 0.15) is 5.60 Å². The van der Waals surface area contributed by atoms with E-state index in [1.165, 1.54) is 0 Å². The zero-order valence-corrected chi connectivity index (χ0v) is 14.6. The number of nitrogens with zero attached hydrogens (tertiary/aromatic N) is 1. The lowest BCUT2D eigenvalue weighted by Gasteiger charge is -2.39. The molecular weight excluding hydrogens is 298 g/mol. The fourth-order valence-corrected chi connectivity index (χ4v) is 3.38. The molecule has 0 unspecified atom stereocenters. The van der Waals surface area contributed by atoms with E-state index in [0.717, 1.165) is 10.5 Å². The minimum Gasteiger partial charge on any atom is -0.444 e. The van der Waals surface area contributed by atoms with Crippen molar-refractivity contribution in [2.24, 2.45) is 0 Å². The molecule has 0 aromatic heterocycles. The van der Waals surface area contributed by atoms with Crippen LogP contribution in [0.5, 0.6) is 0 Å². The van der Waals surface area contributed by atoms with Gasteiger partial charge in [-0.15, -0.1) is 11.8 Å². The first-order valence-electron chi connectivity index (χ1n) is 7.59. The van der Waals surface area contributed by atoms with Crippen molar-refractivity contribution in [2.75, 3.05) is 19.3 Å². The van der Waals surface area contributed by atoms with Crippen LogP contribution in [0.4, 0.5) is 4.79 Å². The third-order valence-corrected chi connectivity index (χ3v) is 4.65. The molecule has 1 amide bonds. The van der Waals surface area contributed by atoms with Gasteiger partial charge in [0.25, 0.3) is 0 Å². The lowest BCUT2D eigenvalue weighted by atomic mass is 9.84. The predicted molar refractivity (Wildman–Crippen MR) is 89.2 cm³/mol. The van der Waals surface area contributed by atoms with Crippen LogP contribution in [-0.4, -0.2) is 41.0 Å². The van der Waals surface area contributed by atoms with E-state index >= 15 is 0 Å². The van der Waals surface area contributed by atoms with Crippen LogP contribution in [0, 0.1) is 0 Å². The van der Waals surface area contributed by atoms with Gasteiger partial charge >= 0.3 is 6.09 Å². The van der Waals surface area contributed by atoms with Gasteiger partial charge in [-0.1, -0.05) is 18.2 Å². The molecule has 1 fully saturated rings. The minimum absolute atomic E-state index is 0.298. The van der Waals surface area contributed by atoms with Crippen molar-refractivity contribution >= 4 is 17.9 Å². The van der Waals surface area contributed by atoms with Crippen molar-refractivity contribution in [3.05, 3.63) is 29.8 Å².